The van der Waals surface area contributed by atoms with Crippen LogP contribution in [0.2, 0.25) is 0 Å². The van der Waals surface area contributed by atoms with Crippen molar-refractivity contribution in [3.63, 3.8) is 0 Å². The zero-order valence-corrected chi connectivity index (χ0v) is 12.9. The molecule has 1 aromatic carbocycles. The lowest BCUT2D eigenvalue weighted by atomic mass is 10.2. The normalized spacial score (nSPS) is 11.1. The monoisotopic (exact) mass is 364 g/mol. The van der Waals surface area contributed by atoms with Crippen LogP contribution in [0, 0.1) is 6.92 Å². The second-order valence-corrected chi connectivity index (χ2v) is 5.79. The van der Waals surface area contributed by atoms with E-state index in [1.54, 1.807) is 0 Å². The molecule has 0 aliphatic heterocycles. The fraction of sp³-hybridized carbons (Fsp3) is 0.0714. The molecule has 0 fully saturated rings. The van der Waals surface area contributed by atoms with Crippen LogP contribution in [0.15, 0.2) is 51.7 Å². The van der Waals surface area contributed by atoms with Crippen LogP contribution in [0.4, 0.5) is 0 Å². The average Bonchev–Trinajstić information content (AvgIpc) is 2.81. The molecule has 2 nitrogen and oxygen atoms in total. The number of benzene rings is 1. The van der Waals surface area contributed by atoms with Gasteiger partial charge in [0, 0.05) is 22.4 Å². The Morgan fingerprint density at radius 3 is 2.50 bits per heavy atom. The highest BCUT2D eigenvalue weighted by Crippen LogP contribution is 2.30. The number of halogens is 2. The van der Waals surface area contributed by atoms with Gasteiger partial charge in [-0.15, -0.1) is 0 Å². The molecule has 0 aliphatic carbocycles. The van der Waals surface area contributed by atoms with Crippen molar-refractivity contribution < 1.29 is 0 Å². The molecule has 0 saturated heterocycles. The van der Waals surface area contributed by atoms with Crippen molar-refractivity contribution in [2.75, 3.05) is 0 Å². The highest BCUT2D eigenvalue weighted by atomic mass is 79.9. The standard InChI is InChI=1S/C14H10Br2N2/c1-9-11(15)7-18-8-12(17-14(18)13(9)16)10-5-3-2-4-6-10/h2-8H,1H3. The van der Waals surface area contributed by atoms with Gasteiger partial charge in [-0.25, -0.2) is 4.98 Å². The van der Waals surface area contributed by atoms with Gasteiger partial charge in [-0.3, -0.25) is 0 Å². The predicted molar refractivity (Wildman–Crippen MR) is 80.8 cm³/mol. The van der Waals surface area contributed by atoms with Crippen molar-refractivity contribution in [1.82, 2.24) is 9.38 Å². The fourth-order valence-corrected chi connectivity index (χ4v) is 3.09. The summed E-state index contributed by atoms with van der Waals surface area (Å²) in [5.41, 5.74) is 4.21. The van der Waals surface area contributed by atoms with Crippen LogP contribution >= 0.6 is 31.9 Å². The van der Waals surface area contributed by atoms with Gasteiger partial charge in [0.1, 0.15) is 0 Å². The van der Waals surface area contributed by atoms with Gasteiger partial charge in [0.05, 0.1) is 10.2 Å². The third-order valence-electron chi connectivity index (χ3n) is 2.94. The van der Waals surface area contributed by atoms with Gasteiger partial charge >= 0.3 is 0 Å². The van der Waals surface area contributed by atoms with E-state index in [1.165, 1.54) is 0 Å². The Balaban J connectivity index is 2.27. The van der Waals surface area contributed by atoms with E-state index in [4.69, 9.17) is 0 Å². The van der Waals surface area contributed by atoms with Crippen LogP contribution in [0.25, 0.3) is 16.9 Å². The molecule has 2 heterocycles. The quantitative estimate of drug-likeness (QED) is 0.603. The third-order valence-corrected chi connectivity index (χ3v) is 4.69. The van der Waals surface area contributed by atoms with Gasteiger partial charge in [0.25, 0.3) is 0 Å². The summed E-state index contributed by atoms with van der Waals surface area (Å²) in [7, 11) is 0. The van der Waals surface area contributed by atoms with Crippen molar-refractivity contribution >= 4 is 37.5 Å². The minimum Gasteiger partial charge on any atom is -0.304 e. The Morgan fingerprint density at radius 1 is 1.06 bits per heavy atom. The first kappa shape index (κ1) is 11.9. The van der Waals surface area contributed by atoms with Gasteiger partial charge < -0.3 is 4.40 Å². The number of hydrogen-bond donors (Lipinski definition) is 0. The lowest BCUT2D eigenvalue weighted by Crippen LogP contribution is -1.88. The molecule has 4 heteroatoms. The summed E-state index contributed by atoms with van der Waals surface area (Å²) in [6, 6.07) is 10.2. The smallest absolute Gasteiger partial charge is 0.152 e. The van der Waals surface area contributed by atoms with Crippen molar-refractivity contribution in [2.45, 2.75) is 6.92 Å². The zero-order valence-electron chi connectivity index (χ0n) is 9.69. The van der Waals surface area contributed by atoms with Crippen molar-refractivity contribution in [1.29, 1.82) is 0 Å². The minimum absolute atomic E-state index is 0.939. The van der Waals surface area contributed by atoms with E-state index >= 15 is 0 Å². The van der Waals surface area contributed by atoms with Crippen molar-refractivity contribution in [2.24, 2.45) is 0 Å². The molecule has 0 bridgehead atoms. The van der Waals surface area contributed by atoms with E-state index in [2.05, 4.69) is 55.9 Å². The summed E-state index contributed by atoms with van der Waals surface area (Å²) in [4.78, 5) is 4.68. The Kier molecular flexibility index (Phi) is 2.99. The highest BCUT2D eigenvalue weighted by Gasteiger charge is 2.10. The number of nitrogens with zero attached hydrogens (tertiary/aromatic N) is 2. The van der Waals surface area contributed by atoms with Gasteiger partial charge in [0.2, 0.25) is 0 Å². The summed E-state index contributed by atoms with van der Waals surface area (Å²) < 4.78 is 4.13. The number of fused-ring (bicyclic) bond motifs is 1. The maximum atomic E-state index is 4.68. The van der Waals surface area contributed by atoms with E-state index in [-0.39, 0.29) is 0 Å². The third kappa shape index (κ3) is 1.89. The number of rotatable bonds is 1. The predicted octanol–water partition coefficient (Wildman–Crippen LogP) is 4.83. The van der Waals surface area contributed by atoms with Crippen molar-refractivity contribution in [3.05, 3.63) is 57.2 Å². The topological polar surface area (TPSA) is 17.3 Å². The molecular formula is C14H10Br2N2. The average molecular weight is 366 g/mol. The second kappa shape index (κ2) is 4.52. The van der Waals surface area contributed by atoms with E-state index in [1.807, 2.05) is 35.0 Å². The summed E-state index contributed by atoms with van der Waals surface area (Å²) >= 11 is 7.16. The molecule has 90 valence electrons. The molecule has 0 unspecified atom stereocenters. The van der Waals surface area contributed by atoms with Crippen LogP contribution < -0.4 is 0 Å². The van der Waals surface area contributed by atoms with E-state index in [0.29, 0.717) is 0 Å². The minimum atomic E-state index is 0.939. The Hall–Kier alpha value is -1.13. The van der Waals surface area contributed by atoms with Crippen molar-refractivity contribution in [3.8, 4) is 11.3 Å². The molecule has 0 aliphatic rings. The molecule has 3 rings (SSSR count). The first-order chi connectivity index (χ1) is 8.66. The fourth-order valence-electron chi connectivity index (χ4n) is 1.89. The van der Waals surface area contributed by atoms with Crippen LogP contribution in [-0.4, -0.2) is 9.38 Å². The van der Waals surface area contributed by atoms with E-state index < -0.39 is 0 Å². The summed E-state index contributed by atoms with van der Waals surface area (Å²) in [5.74, 6) is 0. The summed E-state index contributed by atoms with van der Waals surface area (Å²) in [5, 5.41) is 0. The molecule has 2 aromatic heterocycles. The Bertz CT molecular complexity index is 717. The largest absolute Gasteiger partial charge is 0.304 e. The highest BCUT2D eigenvalue weighted by molar-refractivity contribution is 9.11. The van der Waals surface area contributed by atoms with Crippen LogP contribution in [0.1, 0.15) is 5.56 Å². The molecule has 0 N–H and O–H groups in total. The lowest BCUT2D eigenvalue weighted by molar-refractivity contribution is 1.14. The molecule has 0 spiro atoms. The van der Waals surface area contributed by atoms with Crippen LogP contribution in [0.5, 0.6) is 0 Å². The molecule has 3 aromatic rings. The van der Waals surface area contributed by atoms with Gasteiger partial charge in [-0.1, -0.05) is 30.3 Å². The maximum Gasteiger partial charge on any atom is 0.152 e. The number of pyridine rings is 1. The molecular weight excluding hydrogens is 356 g/mol. The second-order valence-electron chi connectivity index (χ2n) is 4.14. The first-order valence-electron chi connectivity index (χ1n) is 5.55. The number of hydrogen-bond acceptors (Lipinski definition) is 1. The lowest BCUT2D eigenvalue weighted by Gasteiger charge is -2.03. The van der Waals surface area contributed by atoms with Gasteiger partial charge in [-0.05, 0) is 44.3 Å². The first-order valence-corrected chi connectivity index (χ1v) is 7.14. The maximum absolute atomic E-state index is 4.68. The van der Waals surface area contributed by atoms with E-state index in [9.17, 15) is 0 Å². The van der Waals surface area contributed by atoms with Gasteiger partial charge in [0.15, 0.2) is 5.65 Å². The molecule has 0 radical (unpaired) electrons. The number of imidazole rings is 1. The molecule has 0 amide bonds. The SMILES string of the molecule is Cc1c(Br)cn2cc(-c3ccccc3)nc2c1Br. The number of aromatic nitrogens is 2. The Labute approximate surface area is 122 Å². The Morgan fingerprint density at radius 2 is 1.78 bits per heavy atom. The summed E-state index contributed by atoms with van der Waals surface area (Å²) in [6.45, 7) is 2.06. The van der Waals surface area contributed by atoms with E-state index in [0.717, 1.165) is 31.4 Å². The summed E-state index contributed by atoms with van der Waals surface area (Å²) in [6.07, 6.45) is 4.08. The van der Waals surface area contributed by atoms with Crippen LogP contribution in [0.3, 0.4) is 0 Å². The zero-order chi connectivity index (χ0) is 12.7. The molecule has 18 heavy (non-hydrogen) atoms. The van der Waals surface area contributed by atoms with Gasteiger partial charge in [-0.2, -0.15) is 0 Å². The molecule has 0 atom stereocenters. The molecule has 0 saturated carbocycles. The van der Waals surface area contributed by atoms with Crippen LogP contribution in [-0.2, 0) is 0 Å².